The van der Waals surface area contributed by atoms with E-state index in [1.54, 1.807) is 18.3 Å². The minimum atomic E-state index is -5.00. The van der Waals surface area contributed by atoms with Crippen molar-refractivity contribution < 1.29 is 27.5 Å². The number of halogens is 3. The van der Waals surface area contributed by atoms with Crippen LogP contribution in [0.5, 0.6) is 0 Å². The molecule has 1 N–H and O–H groups in total. The Labute approximate surface area is 137 Å². The molecular formula is C17H18F3NO3. The smallest absolute Gasteiger partial charge is 0.462 e. The number of ether oxygens (including phenoxy) is 1. The number of nitrogens with one attached hydrogen (secondary N) is 1. The highest BCUT2D eigenvalue weighted by Crippen LogP contribution is 2.30. The number of alkyl halides is 3. The van der Waals surface area contributed by atoms with Crippen molar-refractivity contribution >= 4 is 23.1 Å². The lowest BCUT2D eigenvalue weighted by atomic mass is 9.92. The maximum absolute atomic E-state index is 12.5. The van der Waals surface area contributed by atoms with Crippen LogP contribution in [0.1, 0.15) is 48.5 Å². The molecule has 0 aliphatic heterocycles. The van der Waals surface area contributed by atoms with Crippen molar-refractivity contribution in [3.05, 3.63) is 35.4 Å². The van der Waals surface area contributed by atoms with E-state index in [0.717, 1.165) is 31.3 Å². The van der Waals surface area contributed by atoms with Gasteiger partial charge in [0.15, 0.2) is 0 Å². The van der Waals surface area contributed by atoms with Crippen LogP contribution in [0.2, 0.25) is 0 Å². The zero-order valence-electron chi connectivity index (χ0n) is 13.2. The summed E-state index contributed by atoms with van der Waals surface area (Å²) in [5, 5.41) is 1.80. The van der Waals surface area contributed by atoms with Crippen LogP contribution < -0.4 is 5.32 Å². The summed E-state index contributed by atoms with van der Waals surface area (Å²) in [6, 6.07) is 4.22. The van der Waals surface area contributed by atoms with Crippen LogP contribution in [0.25, 0.3) is 5.57 Å². The lowest BCUT2D eigenvalue weighted by molar-refractivity contribution is -0.167. The third-order valence-corrected chi connectivity index (χ3v) is 3.62. The highest BCUT2D eigenvalue weighted by molar-refractivity contribution is 5.98. The number of hydrogen-bond donors (Lipinski definition) is 1. The van der Waals surface area contributed by atoms with E-state index < -0.39 is 18.1 Å². The van der Waals surface area contributed by atoms with Gasteiger partial charge in [-0.2, -0.15) is 13.2 Å². The Balaban J connectivity index is 2.38. The van der Waals surface area contributed by atoms with E-state index in [1.165, 1.54) is 12.1 Å². The van der Waals surface area contributed by atoms with Crippen LogP contribution in [-0.4, -0.2) is 24.7 Å². The monoisotopic (exact) mass is 341 g/mol. The number of rotatable bonds is 4. The third kappa shape index (κ3) is 4.59. The predicted octanol–water partition coefficient (Wildman–Crippen LogP) is 4.32. The van der Waals surface area contributed by atoms with Gasteiger partial charge >= 0.3 is 18.1 Å². The molecule has 7 heteroatoms. The molecule has 1 amide bonds. The van der Waals surface area contributed by atoms with E-state index in [0.29, 0.717) is 5.56 Å². The van der Waals surface area contributed by atoms with Crippen molar-refractivity contribution in [2.24, 2.45) is 0 Å². The quantitative estimate of drug-likeness (QED) is 0.830. The number of esters is 1. The van der Waals surface area contributed by atoms with Crippen LogP contribution in [0, 0.1) is 0 Å². The second-order valence-electron chi connectivity index (χ2n) is 5.45. The average Bonchev–Trinajstić information content (AvgIpc) is 2.54. The molecule has 1 aromatic rings. The molecule has 0 atom stereocenters. The zero-order chi connectivity index (χ0) is 17.7. The molecule has 0 fully saturated rings. The summed E-state index contributed by atoms with van der Waals surface area (Å²) in [7, 11) is 0. The minimum absolute atomic E-state index is 0.0793. The van der Waals surface area contributed by atoms with Crippen LogP contribution in [0.4, 0.5) is 18.9 Å². The van der Waals surface area contributed by atoms with E-state index in [9.17, 15) is 22.8 Å². The Morgan fingerprint density at radius 3 is 2.54 bits per heavy atom. The first-order valence-corrected chi connectivity index (χ1v) is 7.71. The molecule has 0 radical (unpaired) electrons. The summed E-state index contributed by atoms with van der Waals surface area (Å²) in [6.07, 6.45) is 0.688. The number of hydrogen-bond acceptors (Lipinski definition) is 3. The second-order valence-corrected chi connectivity index (χ2v) is 5.45. The van der Waals surface area contributed by atoms with Gasteiger partial charge < -0.3 is 10.1 Å². The highest BCUT2D eigenvalue weighted by atomic mass is 19.4. The van der Waals surface area contributed by atoms with Gasteiger partial charge in [-0.15, -0.1) is 0 Å². The Morgan fingerprint density at radius 1 is 1.21 bits per heavy atom. The van der Waals surface area contributed by atoms with E-state index in [-0.39, 0.29) is 17.9 Å². The van der Waals surface area contributed by atoms with Crippen LogP contribution in [0.15, 0.2) is 24.3 Å². The minimum Gasteiger partial charge on any atom is -0.462 e. The van der Waals surface area contributed by atoms with Crippen molar-refractivity contribution in [1.82, 2.24) is 0 Å². The van der Waals surface area contributed by atoms with Crippen molar-refractivity contribution in [2.45, 2.75) is 38.8 Å². The lowest BCUT2D eigenvalue weighted by Crippen LogP contribution is -2.30. The molecule has 0 bridgehead atoms. The standard InChI is InChI=1S/C17H18F3NO3/c1-2-24-15(22)13-8-12(11-6-4-3-5-7-11)9-14(10-13)21-16(23)17(18,19)20/h6,8-10H,2-5,7H2,1H3,(H,21,23). The molecule has 24 heavy (non-hydrogen) atoms. The van der Waals surface area contributed by atoms with Gasteiger partial charge in [0.25, 0.3) is 0 Å². The van der Waals surface area contributed by atoms with Gasteiger partial charge in [0.05, 0.1) is 12.2 Å². The summed E-state index contributed by atoms with van der Waals surface area (Å²) in [5.41, 5.74) is 1.61. The molecule has 4 nitrogen and oxygen atoms in total. The normalized spacial score (nSPS) is 14.8. The fraction of sp³-hybridized carbons (Fsp3) is 0.412. The molecule has 2 rings (SSSR count). The fourth-order valence-electron chi connectivity index (χ4n) is 2.52. The maximum atomic E-state index is 12.5. The number of anilines is 1. The number of carbonyl (C=O) groups excluding carboxylic acids is 2. The first-order valence-electron chi connectivity index (χ1n) is 7.71. The Hall–Kier alpha value is -2.31. The summed E-state index contributed by atoms with van der Waals surface area (Å²) in [5.74, 6) is -2.72. The average molecular weight is 341 g/mol. The van der Waals surface area contributed by atoms with Crippen LogP contribution in [-0.2, 0) is 9.53 Å². The first-order chi connectivity index (χ1) is 11.3. The van der Waals surface area contributed by atoms with Crippen molar-refractivity contribution in [3.63, 3.8) is 0 Å². The van der Waals surface area contributed by atoms with Crippen molar-refractivity contribution in [3.8, 4) is 0 Å². The molecule has 1 aliphatic carbocycles. The third-order valence-electron chi connectivity index (χ3n) is 3.62. The molecule has 0 spiro atoms. The molecular weight excluding hydrogens is 323 g/mol. The zero-order valence-corrected chi connectivity index (χ0v) is 13.2. The van der Waals surface area contributed by atoms with Gasteiger partial charge in [0.1, 0.15) is 0 Å². The number of amides is 1. The van der Waals surface area contributed by atoms with E-state index in [1.807, 2.05) is 6.08 Å². The first kappa shape index (κ1) is 18.0. The summed E-state index contributed by atoms with van der Waals surface area (Å²) in [6.45, 7) is 1.79. The molecule has 1 aliphatic rings. The van der Waals surface area contributed by atoms with Gasteiger partial charge in [-0.25, -0.2) is 4.79 Å². The molecule has 1 aromatic carbocycles. The highest BCUT2D eigenvalue weighted by Gasteiger charge is 2.38. The van der Waals surface area contributed by atoms with Gasteiger partial charge in [-0.05, 0) is 61.9 Å². The molecule has 0 aromatic heterocycles. The number of allylic oxidation sites excluding steroid dienone is 2. The summed E-state index contributed by atoms with van der Waals surface area (Å²) < 4.78 is 42.3. The predicted molar refractivity (Wildman–Crippen MR) is 83.5 cm³/mol. The molecule has 0 heterocycles. The SMILES string of the molecule is CCOC(=O)c1cc(NC(=O)C(F)(F)F)cc(C2=CCCCC2)c1. The molecule has 130 valence electrons. The topological polar surface area (TPSA) is 55.4 Å². The molecule has 0 unspecified atom stereocenters. The van der Waals surface area contributed by atoms with Gasteiger partial charge in [0, 0.05) is 5.69 Å². The van der Waals surface area contributed by atoms with Crippen molar-refractivity contribution in [1.29, 1.82) is 0 Å². The Morgan fingerprint density at radius 2 is 1.96 bits per heavy atom. The number of carbonyl (C=O) groups is 2. The van der Waals surface area contributed by atoms with Gasteiger partial charge in [-0.3, -0.25) is 4.79 Å². The van der Waals surface area contributed by atoms with E-state index >= 15 is 0 Å². The fourth-order valence-corrected chi connectivity index (χ4v) is 2.52. The second kappa shape index (κ2) is 7.51. The summed E-state index contributed by atoms with van der Waals surface area (Å²) >= 11 is 0. The largest absolute Gasteiger partial charge is 0.471 e. The molecule has 0 saturated heterocycles. The van der Waals surface area contributed by atoms with Gasteiger partial charge in [-0.1, -0.05) is 6.08 Å². The Kier molecular flexibility index (Phi) is 5.64. The lowest BCUT2D eigenvalue weighted by Gasteiger charge is -2.16. The van der Waals surface area contributed by atoms with Gasteiger partial charge in [0.2, 0.25) is 0 Å². The van der Waals surface area contributed by atoms with E-state index in [2.05, 4.69) is 0 Å². The number of benzene rings is 1. The maximum Gasteiger partial charge on any atom is 0.471 e. The van der Waals surface area contributed by atoms with E-state index in [4.69, 9.17) is 4.74 Å². The van der Waals surface area contributed by atoms with Crippen LogP contribution in [0.3, 0.4) is 0 Å². The molecule has 0 saturated carbocycles. The summed E-state index contributed by atoms with van der Waals surface area (Å²) in [4.78, 5) is 23.1. The Bertz CT molecular complexity index is 666. The van der Waals surface area contributed by atoms with Crippen molar-refractivity contribution in [2.75, 3.05) is 11.9 Å². The van der Waals surface area contributed by atoms with Crippen LogP contribution >= 0.6 is 0 Å².